The minimum absolute atomic E-state index is 0.0682. The first-order chi connectivity index (χ1) is 13.1. The van der Waals surface area contributed by atoms with Crippen molar-refractivity contribution in [2.75, 3.05) is 43.4 Å². The fraction of sp³-hybridized carbons (Fsp3) is 0.421. The van der Waals surface area contributed by atoms with Gasteiger partial charge in [-0.15, -0.1) is 0 Å². The van der Waals surface area contributed by atoms with E-state index in [1.807, 2.05) is 17.9 Å². The number of hydrogen-bond donors (Lipinski definition) is 1. The Morgan fingerprint density at radius 1 is 1.30 bits per heavy atom. The quantitative estimate of drug-likeness (QED) is 0.802. The molecule has 0 bridgehead atoms. The van der Waals surface area contributed by atoms with E-state index in [0.29, 0.717) is 37.7 Å². The highest BCUT2D eigenvalue weighted by Gasteiger charge is 2.22. The number of ether oxygens (including phenoxy) is 1. The smallest absolute Gasteiger partial charge is 0.241 e. The van der Waals surface area contributed by atoms with Gasteiger partial charge in [0, 0.05) is 26.2 Å². The molecule has 1 saturated heterocycles. The minimum Gasteiger partial charge on any atom is -0.486 e. The zero-order valence-electron chi connectivity index (χ0n) is 15.6. The van der Waals surface area contributed by atoms with Gasteiger partial charge in [0.2, 0.25) is 5.91 Å². The molecule has 0 aliphatic carbocycles. The van der Waals surface area contributed by atoms with Crippen LogP contribution in [0.1, 0.15) is 13.3 Å². The van der Waals surface area contributed by atoms with Gasteiger partial charge in [-0.05, 0) is 18.6 Å². The molecule has 7 nitrogen and oxygen atoms in total. The van der Waals surface area contributed by atoms with Crippen molar-refractivity contribution >= 4 is 17.5 Å². The highest BCUT2D eigenvalue weighted by molar-refractivity contribution is 5.82. The Bertz CT molecular complexity index is 788. The van der Waals surface area contributed by atoms with Gasteiger partial charge in [-0.2, -0.15) is 0 Å². The lowest BCUT2D eigenvalue weighted by molar-refractivity contribution is -0.129. The summed E-state index contributed by atoms with van der Waals surface area (Å²) >= 11 is 0. The van der Waals surface area contributed by atoms with Gasteiger partial charge >= 0.3 is 0 Å². The van der Waals surface area contributed by atoms with Crippen LogP contribution < -0.4 is 15.0 Å². The van der Waals surface area contributed by atoms with Gasteiger partial charge in [0.25, 0.3) is 0 Å². The van der Waals surface area contributed by atoms with Crippen molar-refractivity contribution in [3.63, 3.8) is 0 Å². The Morgan fingerprint density at radius 2 is 2.11 bits per heavy atom. The summed E-state index contributed by atoms with van der Waals surface area (Å²) < 4.78 is 19.5. The highest BCUT2D eigenvalue weighted by atomic mass is 19.1. The summed E-state index contributed by atoms with van der Waals surface area (Å²) in [5.74, 6) is 1.28. The van der Waals surface area contributed by atoms with Crippen LogP contribution in [0.3, 0.4) is 0 Å². The number of hydrogen-bond acceptors (Lipinski definition) is 6. The molecular formula is C19H24FN5O2. The predicted molar refractivity (Wildman–Crippen MR) is 101 cm³/mol. The van der Waals surface area contributed by atoms with Gasteiger partial charge in [-0.1, -0.05) is 19.1 Å². The third-order valence-corrected chi connectivity index (χ3v) is 4.53. The number of carbonyl (C=O) groups is 1. The molecule has 1 aliphatic rings. The van der Waals surface area contributed by atoms with Gasteiger partial charge in [0.1, 0.15) is 24.1 Å². The van der Waals surface area contributed by atoms with Crippen LogP contribution >= 0.6 is 0 Å². The van der Waals surface area contributed by atoms with Crippen molar-refractivity contribution < 1.29 is 13.9 Å². The lowest BCUT2D eigenvalue weighted by Crippen LogP contribution is -2.48. The number of likely N-dealkylation sites (N-methyl/N-ethyl adjacent to an activating group) is 1. The van der Waals surface area contributed by atoms with E-state index in [0.717, 1.165) is 6.54 Å². The number of amides is 1. The molecule has 1 fully saturated rings. The summed E-state index contributed by atoms with van der Waals surface area (Å²) in [7, 11) is 1.80. The molecule has 1 atom stereocenters. The molecule has 0 radical (unpaired) electrons. The predicted octanol–water partition coefficient (Wildman–Crippen LogP) is 2.16. The molecule has 3 rings (SSSR count). The molecule has 1 N–H and O–H groups in total. The summed E-state index contributed by atoms with van der Waals surface area (Å²) in [6, 6.07) is 8.18. The Balaban J connectivity index is 1.60. The third-order valence-electron chi connectivity index (χ3n) is 4.53. The van der Waals surface area contributed by atoms with Crippen LogP contribution in [0.4, 0.5) is 16.0 Å². The van der Waals surface area contributed by atoms with Crippen molar-refractivity contribution in [1.29, 1.82) is 0 Å². The summed E-state index contributed by atoms with van der Waals surface area (Å²) in [6.07, 6.45) is 1.98. The molecule has 1 amide bonds. The number of para-hydroxylation sites is 1. The van der Waals surface area contributed by atoms with Crippen molar-refractivity contribution in [1.82, 2.24) is 14.9 Å². The molecule has 8 heteroatoms. The SMILES string of the molecule is CCC(CNc1cc(N2CCN(C)C(=O)C2)ncn1)Oc1ccccc1F. The molecule has 2 aromatic rings. The highest BCUT2D eigenvalue weighted by Crippen LogP contribution is 2.19. The number of benzene rings is 1. The second kappa shape index (κ2) is 8.66. The van der Waals surface area contributed by atoms with Gasteiger partial charge in [0.15, 0.2) is 11.6 Å². The fourth-order valence-electron chi connectivity index (χ4n) is 2.78. The van der Waals surface area contributed by atoms with E-state index in [4.69, 9.17) is 4.74 Å². The minimum atomic E-state index is -0.375. The number of nitrogens with zero attached hydrogens (tertiary/aromatic N) is 4. The van der Waals surface area contributed by atoms with E-state index >= 15 is 0 Å². The van der Waals surface area contributed by atoms with E-state index in [-0.39, 0.29) is 23.6 Å². The zero-order chi connectivity index (χ0) is 19.2. The molecule has 0 spiro atoms. The number of halogens is 1. The van der Waals surface area contributed by atoms with Crippen LogP contribution in [0.2, 0.25) is 0 Å². The van der Waals surface area contributed by atoms with Crippen LogP contribution in [0.25, 0.3) is 0 Å². The lowest BCUT2D eigenvalue weighted by Gasteiger charge is -2.32. The second-order valence-corrected chi connectivity index (χ2v) is 6.46. The Hall–Kier alpha value is -2.90. The summed E-state index contributed by atoms with van der Waals surface area (Å²) in [4.78, 5) is 24.0. The standard InChI is InChI=1S/C19H24FN5O2/c1-3-14(27-16-7-5-4-6-15(16)20)11-21-17-10-18(23-13-22-17)25-9-8-24(2)19(26)12-25/h4-7,10,13-14H,3,8-9,11-12H2,1-2H3,(H,21,22,23). The van der Waals surface area contributed by atoms with Crippen LogP contribution in [-0.2, 0) is 4.79 Å². The van der Waals surface area contributed by atoms with Gasteiger partial charge in [0.05, 0.1) is 13.1 Å². The van der Waals surface area contributed by atoms with Crippen molar-refractivity contribution in [2.24, 2.45) is 0 Å². The molecular weight excluding hydrogens is 349 g/mol. The molecule has 1 aromatic carbocycles. The molecule has 2 heterocycles. The van der Waals surface area contributed by atoms with E-state index in [9.17, 15) is 9.18 Å². The van der Waals surface area contributed by atoms with E-state index in [1.165, 1.54) is 12.4 Å². The first-order valence-corrected chi connectivity index (χ1v) is 9.03. The van der Waals surface area contributed by atoms with Crippen LogP contribution in [0.15, 0.2) is 36.7 Å². The molecule has 27 heavy (non-hydrogen) atoms. The molecule has 144 valence electrons. The van der Waals surface area contributed by atoms with Crippen LogP contribution in [0.5, 0.6) is 5.75 Å². The van der Waals surface area contributed by atoms with Crippen LogP contribution in [0, 0.1) is 5.82 Å². The first kappa shape index (κ1) is 18.9. The Morgan fingerprint density at radius 3 is 2.85 bits per heavy atom. The monoisotopic (exact) mass is 373 g/mol. The maximum Gasteiger partial charge on any atom is 0.241 e. The first-order valence-electron chi connectivity index (χ1n) is 9.03. The largest absolute Gasteiger partial charge is 0.486 e. The average Bonchev–Trinajstić information content (AvgIpc) is 2.69. The molecule has 1 aromatic heterocycles. The summed E-state index contributed by atoms with van der Waals surface area (Å²) in [6.45, 7) is 4.16. The van der Waals surface area contributed by atoms with Crippen molar-refractivity contribution in [3.8, 4) is 5.75 Å². The summed E-state index contributed by atoms with van der Waals surface area (Å²) in [5.41, 5.74) is 0. The lowest BCUT2D eigenvalue weighted by atomic mass is 10.2. The number of rotatable bonds is 7. The number of piperazine rings is 1. The van der Waals surface area contributed by atoms with E-state index < -0.39 is 0 Å². The van der Waals surface area contributed by atoms with E-state index in [1.54, 1.807) is 30.1 Å². The normalized spacial score (nSPS) is 15.6. The van der Waals surface area contributed by atoms with E-state index in [2.05, 4.69) is 15.3 Å². The average molecular weight is 373 g/mol. The number of nitrogens with one attached hydrogen (secondary N) is 1. The fourth-order valence-corrected chi connectivity index (χ4v) is 2.78. The molecule has 1 unspecified atom stereocenters. The molecule has 1 aliphatic heterocycles. The third kappa shape index (κ3) is 4.84. The van der Waals surface area contributed by atoms with Crippen LogP contribution in [-0.4, -0.2) is 60.1 Å². The van der Waals surface area contributed by atoms with Gasteiger partial charge in [-0.3, -0.25) is 4.79 Å². The maximum absolute atomic E-state index is 13.8. The Kier molecular flexibility index (Phi) is 6.05. The Labute approximate surface area is 158 Å². The topological polar surface area (TPSA) is 70.6 Å². The number of carbonyl (C=O) groups excluding carboxylic acids is 1. The maximum atomic E-state index is 13.8. The number of aromatic nitrogens is 2. The number of anilines is 2. The summed E-state index contributed by atoms with van der Waals surface area (Å²) in [5, 5.41) is 3.21. The molecule has 0 saturated carbocycles. The van der Waals surface area contributed by atoms with Gasteiger partial charge < -0.3 is 19.9 Å². The second-order valence-electron chi connectivity index (χ2n) is 6.46. The van der Waals surface area contributed by atoms with Crippen molar-refractivity contribution in [2.45, 2.75) is 19.4 Å². The van der Waals surface area contributed by atoms with Gasteiger partial charge in [-0.25, -0.2) is 14.4 Å². The van der Waals surface area contributed by atoms with Crippen molar-refractivity contribution in [3.05, 3.63) is 42.5 Å². The zero-order valence-corrected chi connectivity index (χ0v) is 15.6.